The Morgan fingerprint density at radius 3 is 2.77 bits per heavy atom. The number of aromatic amines is 1. The number of halogens is 1. The summed E-state index contributed by atoms with van der Waals surface area (Å²) in [7, 11) is -1.41. The van der Waals surface area contributed by atoms with Crippen molar-refractivity contribution in [2.45, 2.75) is 0 Å². The van der Waals surface area contributed by atoms with Crippen molar-refractivity contribution in [1.82, 2.24) is 10.2 Å². The lowest BCUT2D eigenvalue weighted by Crippen LogP contribution is -2.29. The highest BCUT2D eigenvalue weighted by Crippen LogP contribution is 2.06. The second-order valence-electron chi connectivity index (χ2n) is 2.59. The zero-order chi connectivity index (χ0) is 8.55. The fourth-order valence-electron chi connectivity index (χ4n) is 1.12. The van der Waals surface area contributed by atoms with Gasteiger partial charge < -0.3 is 10.0 Å². The van der Waals surface area contributed by atoms with Crippen LogP contribution in [0.25, 0.3) is 10.9 Å². The van der Waals surface area contributed by atoms with Gasteiger partial charge in [-0.25, -0.2) is 0 Å². The van der Waals surface area contributed by atoms with Gasteiger partial charge in [0.25, 0.3) is 0 Å². The molecule has 1 aromatic carbocycles. The molecule has 0 saturated heterocycles. The number of benzene rings is 1. The van der Waals surface area contributed by atoms with Gasteiger partial charge in [0.15, 0.2) is 0 Å². The molecule has 6 heteroatoms. The van der Waals surface area contributed by atoms with Crippen molar-refractivity contribution in [3.8, 4) is 0 Å². The maximum Gasteiger partial charge on any atom is 0.488 e. The topological polar surface area (TPSA) is 69.1 Å². The molecule has 0 atom stereocenters. The number of hydrogen-bond donors (Lipinski definition) is 3. The molecule has 3 N–H and O–H groups in total. The molecule has 68 valence electrons. The van der Waals surface area contributed by atoms with Gasteiger partial charge in [-0.2, -0.15) is 5.10 Å². The molecular formula is C7H8BClN2O2. The molecule has 0 aliphatic heterocycles. The van der Waals surface area contributed by atoms with Crippen LogP contribution in [0.2, 0.25) is 0 Å². The van der Waals surface area contributed by atoms with Gasteiger partial charge in [-0.15, -0.1) is 12.4 Å². The molecule has 0 radical (unpaired) electrons. The zero-order valence-electron chi connectivity index (χ0n) is 6.64. The first-order valence-corrected chi connectivity index (χ1v) is 3.56. The molecule has 1 heterocycles. The number of aromatic nitrogens is 2. The highest BCUT2D eigenvalue weighted by atomic mass is 35.5. The van der Waals surface area contributed by atoms with Crippen LogP contribution in [-0.4, -0.2) is 27.4 Å². The third-order valence-electron chi connectivity index (χ3n) is 1.76. The van der Waals surface area contributed by atoms with Crippen molar-refractivity contribution in [1.29, 1.82) is 0 Å². The molecule has 0 aliphatic carbocycles. The first kappa shape index (κ1) is 10.0. The standard InChI is InChI=1S/C7H7BN2O2.ClH/c11-8(12)6-1-2-7-5(3-6)4-9-10-7;/h1-4,11-12H,(H,9,10);1H. The number of fused-ring (bicyclic) bond motifs is 1. The van der Waals surface area contributed by atoms with Gasteiger partial charge >= 0.3 is 7.12 Å². The Hall–Kier alpha value is -1.04. The molecule has 0 bridgehead atoms. The highest BCUT2D eigenvalue weighted by molar-refractivity contribution is 6.58. The van der Waals surface area contributed by atoms with Gasteiger partial charge in [-0.05, 0) is 11.5 Å². The Morgan fingerprint density at radius 2 is 2.08 bits per heavy atom. The molecule has 2 rings (SSSR count). The number of rotatable bonds is 1. The van der Waals surface area contributed by atoms with Crippen LogP contribution in [0.3, 0.4) is 0 Å². The predicted octanol–water partition coefficient (Wildman–Crippen LogP) is -0.336. The van der Waals surface area contributed by atoms with Crippen molar-refractivity contribution in [3.05, 3.63) is 24.4 Å². The SMILES string of the molecule is Cl.OB(O)c1ccc2[nH]ncc2c1. The molecule has 0 spiro atoms. The van der Waals surface area contributed by atoms with Crippen molar-refractivity contribution < 1.29 is 10.0 Å². The average Bonchev–Trinajstić information content (AvgIpc) is 2.49. The molecule has 0 fully saturated rings. The minimum absolute atomic E-state index is 0. The van der Waals surface area contributed by atoms with E-state index in [1.807, 2.05) is 0 Å². The molecule has 1 aromatic heterocycles. The van der Waals surface area contributed by atoms with E-state index in [0.29, 0.717) is 5.46 Å². The Kier molecular flexibility index (Phi) is 2.92. The van der Waals surface area contributed by atoms with Crippen molar-refractivity contribution in [3.63, 3.8) is 0 Å². The fourth-order valence-corrected chi connectivity index (χ4v) is 1.12. The van der Waals surface area contributed by atoms with Crippen LogP contribution in [0.4, 0.5) is 0 Å². The summed E-state index contributed by atoms with van der Waals surface area (Å²) in [6.45, 7) is 0. The monoisotopic (exact) mass is 198 g/mol. The lowest BCUT2D eigenvalue weighted by molar-refractivity contribution is 0.426. The summed E-state index contributed by atoms with van der Waals surface area (Å²) in [6.07, 6.45) is 1.64. The van der Waals surface area contributed by atoms with E-state index < -0.39 is 7.12 Å². The number of H-pyrrole nitrogens is 1. The van der Waals surface area contributed by atoms with Gasteiger partial charge in [-0.1, -0.05) is 12.1 Å². The summed E-state index contributed by atoms with van der Waals surface area (Å²) in [5.41, 5.74) is 1.36. The van der Waals surface area contributed by atoms with Gasteiger partial charge in [-0.3, -0.25) is 5.10 Å². The Labute approximate surface area is 81.1 Å². The summed E-state index contributed by atoms with van der Waals surface area (Å²) in [5.74, 6) is 0. The van der Waals surface area contributed by atoms with Crippen LogP contribution in [0.1, 0.15) is 0 Å². The summed E-state index contributed by atoms with van der Waals surface area (Å²) in [5, 5.41) is 25.2. The van der Waals surface area contributed by atoms with Crippen LogP contribution in [-0.2, 0) is 0 Å². The first-order valence-electron chi connectivity index (χ1n) is 3.56. The third-order valence-corrected chi connectivity index (χ3v) is 1.76. The summed E-state index contributed by atoms with van der Waals surface area (Å²) >= 11 is 0. The number of nitrogens with one attached hydrogen (secondary N) is 1. The molecule has 0 saturated carbocycles. The Morgan fingerprint density at radius 1 is 1.31 bits per heavy atom. The minimum Gasteiger partial charge on any atom is -0.423 e. The quantitative estimate of drug-likeness (QED) is 0.549. The molecule has 0 unspecified atom stereocenters. The molecule has 2 aromatic rings. The van der Waals surface area contributed by atoms with E-state index in [2.05, 4.69) is 10.2 Å². The molecule has 4 nitrogen and oxygen atoms in total. The van der Waals surface area contributed by atoms with E-state index in [4.69, 9.17) is 10.0 Å². The number of nitrogens with zero attached hydrogens (tertiary/aromatic N) is 1. The predicted molar refractivity (Wildman–Crippen MR) is 53.2 cm³/mol. The van der Waals surface area contributed by atoms with Crippen LogP contribution in [0, 0.1) is 0 Å². The van der Waals surface area contributed by atoms with E-state index in [1.165, 1.54) is 0 Å². The largest absolute Gasteiger partial charge is 0.488 e. The molecule has 0 aliphatic rings. The van der Waals surface area contributed by atoms with E-state index >= 15 is 0 Å². The van der Waals surface area contributed by atoms with Crippen molar-refractivity contribution >= 4 is 35.9 Å². The third kappa shape index (κ3) is 1.83. The van der Waals surface area contributed by atoms with E-state index in [9.17, 15) is 0 Å². The Balaban J connectivity index is 0.000000845. The minimum atomic E-state index is -1.41. The van der Waals surface area contributed by atoms with Crippen LogP contribution < -0.4 is 5.46 Å². The molecule has 13 heavy (non-hydrogen) atoms. The van der Waals surface area contributed by atoms with Crippen molar-refractivity contribution in [2.75, 3.05) is 0 Å². The van der Waals surface area contributed by atoms with Crippen LogP contribution >= 0.6 is 12.4 Å². The number of hydrogen-bond acceptors (Lipinski definition) is 3. The van der Waals surface area contributed by atoms with Gasteiger partial charge in [0.05, 0.1) is 11.7 Å². The zero-order valence-corrected chi connectivity index (χ0v) is 7.45. The van der Waals surface area contributed by atoms with E-state index in [-0.39, 0.29) is 12.4 Å². The van der Waals surface area contributed by atoms with Crippen LogP contribution in [0.5, 0.6) is 0 Å². The van der Waals surface area contributed by atoms with E-state index in [0.717, 1.165) is 10.9 Å². The first-order chi connectivity index (χ1) is 5.77. The lowest BCUT2D eigenvalue weighted by atomic mass is 9.80. The second-order valence-corrected chi connectivity index (χ2v) is 2.59. The lowest BCUT2D eigenvalue weighted by Gasteiger charge is -1.97. The smallest absolute Gasteiger partial charge is 0.423 e. The summed E-state index contributed by atoms with van der Waals surface area (Å²) in [4.78, 5) is 0. The summed E-state index contributed by atoms with van der Waals surface area (Å²) in [6, 6.07) is 5.09. The van der Waals surface area contributed by atoms with E-state index in [1.54, 1.807) is 24.4 Å². The average molecular weight is 198 g/mol. The van der Waals surface area contributed by atoms with Gasteiger partial charge in [0.1, 0.15) is 0 Å². The second kappa shape index (κ2) is 3.78. The maximum absolute atomic E-state index is 8.85. The molecule has 0 amide bonds. The van der Waals surface area contributed by atoms with Crippen LogP contribution in [0.15, 0.2) is 24.4 Å². The fraction of sp³-hybridized carbons (Fsp3) is 0. The van der Waals surface area contributed by atoms with Crippen molar-refractivity contribution in [2.24, 2.45) is 0 Å². The van der Waals surface area contributed by atoms with Gasteiger partial charge in [0, 0.05) is 5.39 Å². The molecular weight excluding hydrogens is 190 g/mol. The highest BCUT2D eigenvalue weighted by Gasteiger charge is 2.10. The van der Waals surface area contributed by atoms with Gasteiger partial charge in [0.2, 0.25) is 0 Å². The normalized spacial score (nSPS) is 9.69. The Bertz CT molecular complexity index is 404. The summed E-state index contributed by atoms with van der Waals surface area (Å²) < 4.78 is 0. The maximum atomic E-state index is 8.85.